The molecule has 0 saturated carbocycles. The quantitative estimate of drug-likeness (QED) is 0.807. The lowest BCUT2D eigenvalue weighted by Crippen LogP contribution is -2.06. The Morgan fingerprint density at radius 3 is 2.69 bits per heavy atom. The molecule has 0 bridgehead atoms. The highest BCUT2D eigenvalue weighted by Crippen LogP contribution is 2.31. The van der Waals surface area contributed by atoms with Gasteiger partial charge in [0.05, 0.1) is 12.1 Å². The minimum atomic E-state index is 0.705. The lowest BCUT2D eigenvalue weighted by Gasteiger charge is -2.10. The third-order valence-corrected chi connectivity index (χ3v) is 2.36. The summed E-state index contributed by atoms with van der Waals surface area (Å²) in [7, 11) is 3.53. The first-order valence-electron chi connectivity index (χ1n) is 4.17. The fourth-order valence-electron chi connectivity index (χ4n) is 1.27. The lowest BCUT2D eigenvalue weighted by molar-refractivity contribution is 0.411. The Morgan fingerprint density at radius 1 is 1.46 bits per heavy atom. The molecule has 0 spiro atoms. The topological polar surface area (TPSA) is 21.3 Å². The van der Waals surface area contributed by atoms with Gasteiger partial charge in [-0.15, -0.1) is 0 Å². The van der Waals surface area contributed by atoms with E-state index in [9.17, 15) is 0 Å². The number of hydrogen-bond donors (Lipinski definition) is 1. The van der Waals surface area contributed by atoms with E-state index < -0.39 is 0 Å². The van der Waals surface area contributed by atoms with Crippen molar-refractivity contribution in [3.63, 3.8) is 0 Å². The first-order chi connectivity index (χ1) is 6.20. The maximum atomic E-state index is 6.13. The van der Waals surface area contributed by atoms with Gasteiger partial charge >= 0.3 is 0 Å². The Bertz CT molecular complexity index is 299. The fraction of sp³-hybridized carbons (Fsp3) is 0.400. The standard InChI is InChI=1S/C10H14ClNO/c1-7-4-5-8(6-12-2)9(11)10(7)13-3/h4-5,12H,6H2,1-3H3. The van der Waals surface area contributed by atoms with Gasteiger partial charge in [0.2, 0.25) is 0 Å². The summed E-state index contributed by atoms with van der Waals surface area (Å²) >= 11 is 6.13. The Morgan fingerprint density at radius 2 is 2.15 bits per heavy atom. The van der Waals surface area contributed by atoms with Crippen LogP contribution in [0.2, 0.25) is 5.02 Å². The summed E-state index contributed by atoms with van der Waals surface area (Å²) < 4.78 is 5.20. The number of halogens is 1. The molecule has 0 fully saturated rings. The van der Waals surface area contributed by atoms with Gasteiger partial charge in [0.25, 0.3) is 0 Å². The normalized spacial score (nSPS) is 10.2. The minimum Gasteiger partial charge on any atom is -0.495 e. The van der Waals surface area contributed by atoms with Crippen LogP contribution in [0.15, 0.2) is 12.1 Å². The summed E-state index contributed by atoms with van der Waals surface area (Å²) in [6.45, 7) is 2.74. The average molecular weight is 200 g/mol. The molecule has 3 heteroatoms. The van der Waals surface area contributed by atoms with E-state index in [1.807, 2.05) is 26.1 Å². The van der Waals surface area contributed by atoms with Crippen LogP contribution in [0.1, 0.15) is 11.1 Å². The van der Waals surface area contributed by atoms with Crippen LogP contribution in [0.5, 0.6) is 5.75 Å². The highest BCUT2D eigenvalue weighted by molar-refractivity contribution is 6.33. The van der Waals surface area contributed by atoms with Crippen LogP contribution in [0, 0.1) is 6.92 Å². The van der Waals surface area contributed by atoms with Crippen LogP contribution < -0.4 is 10.1 Å². The van der Waals surface area contributed by atoms with Gasteiger partial charge in [0.15, 0.2) is 0 Å². The molecule has 0 aliphatic heterocycles. The molecule has 0 atom stereocenters. The molecule has 0 amide bonds. The Hall–Kier alpha value is -0.730. The van der Waals surface area contributed by atoms with Crippen LogP contribution in [0.3, 0.4) is 0 Å². The van der Waals surface area contributed by atoms with Crippen molar-refractivity contribution < 1.29 is 4.74 Å². The lowest BCUT2D eigenvalue weighted by atomic mass is 10.1. The summed E-state index contributed by atoms with van der Waals surface area (Å²) in [5.74, 6) is 0.773. The van der Waals surface area contributed by atoms with E-state index in [0.29, 0.717) is 5.02 Å². The molecule has 0 heterocycles. The van der Waals surface area contributed by atoms with Crippen LogP contribution in [-0.2, 0) is 6.54 Å². The molecule has 72 valence electrons. The van der Waals surface area contributed by atoms with E-state index in [0.717, 1.165) is 23.4 Å². The maximum absolute atomic E-state index is 6.13. The van der Waals surface area contributed by atoms with Gasteiger partial charge in [-0.1, -0.05) is 23.7 Å². The number of rotatable bonds is 3. The molecule has 0 aromatic heterocycles. The SMILES string of the molecule is CNCc1ccc(C)c(OC)c1Cl. The second-order valence-electron chi connectivity index (χ2n) is 2.92. The van der Waals surface area contributed by atoms with E-state index in [2.05, 4.69) is 5.32 Å². The van der Waals surface area contributed by atoms with Gasteiger partial charge < -0.3 is 10.1 Å². The second-order valence-corrected chi connectivity index (χ2v) is 3.30. The molecule has 1 N–H and O–H groups in total. The molecule has 0 radical (unpaired) electrons. The average Bonchev–Trinajstić information content (AvgIpc) is 2.11. The molecule has 0 saturated heterocycles. The number of ether oxygens (including phenoxy) is 1. The van der Waals surface area contributed by atoms with Crippen molar-refractivity contribution in [1.29, 1.82) is 0 Å². The van der Waals surface area contributed by atoms with Crippen molar-refractivity contribution in [3.8, 4) is 5.75 Å². The highest BCUT2D eigenvalue weighted by atomic mass is 35.5. The van der Waals surface area contributed by atoms with E-state index in [1.165, 1.54) is 0 Å². The number of aryl methyl sites for hydroxylation is 1. The van der Waals surface area contributed by atoms with Crippen LogP contribution in [0.25, 0.3) is 0 Å². The van der Waals surface area contributed by atoms with Crippen molar-refractivity contribution in [2.75, 3.05) is 14.2 Å². The van der Waals surface area contributed by atoms with Gasteiger partial charge in [-0.2, -0.15) is 0 Å². The first kappa shape index (κ1) is 10.4. The van der Waals surface area contributed by atoms with E-state index in [1.54, 1.807) is 7.11 Å². The highest BCUT2D eigenvalue weighted by Gasteiger charge is 2.08. The van der Waals surface area contributed by atoms with Gasteiger partial charge in [0.1, 0.15) is 5.75 Å². The molecule has 2 nitrogen and oxygen atoms in total. The second kappa shape index (κ2) is 4.49. The van der Waals surface area contributed by atoms with Gasteiger partial charge in [-0.3, -0.25) is 0 Å². The molecule has 13 heavy (non-hydrogen) atoms. The molecular weight excluding hydrogens is 186 g/mol. The van der Waals surface area contributed by atoms with Crippen LogP contribution in [-0.4, -0.2) is 14.2 Å². The van der Waals surface area contributed by atoms with Crippen LogP contribution >= 0.6 is 11.6 Å². The number of hydrogen-bond acceptors (Lipinski definition) is 2. The van der Waals surface area contributed by atoms with Crippen LogP contribution in [0.4, 0.5) is 0 Å². The summed E-state index contributed by atoms with van der Waals surface area (Å²) in [4.78, 5) is 0. The molecule has 1 aromatic carbocycles. The summed E-state index contributed by atoms with van der Waals surface area (Å²) in [6, 6.07) is 4.02. The van der Waals surface area contributed by atoms with E-state index >= 15 is 0 Å². The zero-order valence-electron chi connectivity index (χ0n) is 8.15. The summed E-state index contributed by atoms with van der Waals surface area (Å²) in [5, 5.41) is 3.76. The smallest absolute Gasteiger partial charge is 0.140 e. The number of methoxy groups -OCH3 is 1. The van der Waals surface area contributed by atoms with Crippen molar-refractivity contribution in [1.82, 2.24) is 5.32 Å². The number of benzene rings is 1. The molecule has 1 aromatic rings. The van der Waals surface area contributed by atoms with E-state index in [-0.39, 0.29) is 0 Å². The fourth-order valence-corrected chi connectivity index (χ4v) is 1.63. The van der Waals surface area contributed by atoms with Crippen molar-refractivity contribution >= 4 is 11.6 Å². The van der Waals surface area contributed by atoms with Gasteiger partial charge in [-0.05, 0) is 25.1 Å². The first-order valence-corrected chi connectivity index (χ1v) is 4.55. The van der Waals surface area contributed by atoms with Crippen molar-refractivity contribution in [2.45, 2.75) is 13.5 Å². The van der Waals surface area contributed by atoms with E-state index in [4.69, 9.17) is 16.3 Å². The molecule has 0 unspecified atom stereocenters. The number of nitrogens with one attached hydrogen (secondary N) is 1. The van der Waals surface area contributed by atoms with Crippen molar-refractivity contribution in [3.05, 3.63) is 28.3 Å². The minimum absolute atomic E-state index is 0.705. The van der Waals surface area contributed by atoms with Gasteiger partial charge in [-0.25, -0.2) is 0 Å². The summed E-state index contributed by atoms with van der Waals surface area (Å²) in [5.41, 5.74) is 2.12. The largest absolute Gasteiger partial charge is 0.495 e. The molecular formula is C10H14ClNO. The predicted octanol–water partition coefficient (Wildman–Crippen LogP) is 2.38. The molecule has 0 aliphatic rings. The zero-order chi connectivity index (χ0) is 9.84. The zero-order valence-corrected chi connectivity index (χ0v) is 8.90. The van der Waals surface area contributed by atoms with Crippen molar-refractivity contribution in [2.24, 2.45) is 0 Å². The predicted molar refractivity (Wildman–Crippen MR) is 55.5 cm³/mol. The molecule has 1 rings (SSSR count). The third kappa shape index (κ3) is 2.14. The van der Waals surface area contributed by atoms with Gasteiger partial charge in [0, 0.05) is 6.54 Å². The Kier molecular flexibility index (Phi) is 3.58. The third-order valence-electron chi connectivity index (χ3n) is 1.95. The summed E-state index contributed by atoms with van der Waals surface area (Å²) in [6.07, 6.45) is 0. The Balaban J connectivity index is 3.11. The maximum Gasteiger partial charge on any atom is 0.140 e. The monoisotopic (exact) mass is 199 g/mol. The Labute approximate surface area is 83.9 Å². The molecule has 0 aliphatic carbocycles.